The average molecular weight is 342 g/mol. The SMILES string of the molecule is CNc1nccc([C@H]2CCCCN2Cc2cccc(OC)c2OC)n1. The largest absolute Gasteiger partial charge is 0.493 e. The maximum Gasteiger partial charge on any atom is 0.222 e. The minimum atomic E-state index is 0.291. The molecule has 0 saturated carbocycles. The van der Waals surface area contributed by atoms with Gasteiger partial charge in [-0.25, -0.2) is 9.97 Å². The maximum atomic E-state index is 5.60. The van der Waals surface area contributed by atoms with Crippen molar-refractivity contribution in [3.63, 3.8) is 0 Å². The molecule has 0 radical (unpaired) electrons. The Balaban J connectivity index is 1.87. The van der Waals surface area contributed by atoms with Gasteiger partial charge < -0.3 is 14.8 Å². The van der Waals surface area contributed by atoms with E-state index in [2.05, 4.69) is 26.3 Å². The quantitative estimate of drug-likeness (QED) is 0.869. The number of hydrogen-bond donors (Lipinski definition) is 1. The van der Waals surface area contributed by atoms with Gasteiger partial charge in [-0.15, -0.1) is 0 Å². The lowest BCUT2D eigenvalue weighted by Crippen LogP contribution is -2.33. The van der Waals surface area contributed by atoms with Gasteiger partial charge in [0, 0.05) is 25.4 Å². The Kier molecular flexibility index (Phi) is 5.71. The molecule has 0 unspecified atom stereocenters. The van der Waals surface area contributed by atoms with E-state index in [0.29, 0.717) is 12.0 Å². The maximum absolute atomic E-state index is 5.60. The van der Waals surface area contributed by atoms with Crippen molar-refractivity contribution in [2.45, 2.75) is 31.8 Å². The second-order valence-electron chi connectivity index (χ2n) is 6.19. The van der Waals surface area contributed by atoms with Gasteiger partial charge in [-0.05, 0) is 31.5 Å². The van der Waals surface area contributed by atoms with E-state index in [-0.39, 0.29) is 0 Å². The van der Waals surface area contributed by atoms with Crippen molar-refractivity contribution in [1.29, 1.82) is 0 Å². The summed E-state index contributed by atoms with van der Waals surface area (Å²) in [6.45, 7) is 1.86. The number of para-hydroxylation sites is 1. The normalized spacial score (nSPS) is 18.0. The molecule has 0 amide bonds. The van der Waals surface area contributed by atoms with Crippen LogP contribution >= 0.6 is 0 Å². The summed E-state index contributed by atoms with van der Waals surface area (Å²) in [6, 6.07) is 8.36. The first-order valence-electron chi connectivity index (χ1n) is 8.71. The Morgan fingerprint density at radius 3 is 2.84 bits per heavy atom. The molecular formula is C19H26N4O2. The van der Waals surface area contributed by atoms with Gasteiger partial charge in [-0.1, -0.05) is 18.6 Å². The number of benzene rings is 1. The lowest BCUT2D eigenvalue weighted by atomic mass is 9.98. The molecular weight excluding hydrogens is 316 g/mol. The van der Waals surface area contributed by atoms with Gasteiger partial charge in [0.25, 0.3) is 0 Å². The van der Waals surface area contributed by atoms with E-state index in [1.165, 1.54) is 12.8 Å². The number of ether oxygens (including phenoxy) is 2. The summed E-state index contributed by atoms with van der Waals surface area (Å²) in [5.41, 5.74) is 2.21. The summed E-state index contributed by atoms with van der Waals surface area (Å²) < 4.78 is 11.0. The first kappa shape index (κ1) is 17.5. The monoisotopic (exact) mass is 342 g/mol. The molecule has 134 valence electrons. The highest BCUT2D eigenvalue weighted by atomic mass is 16.5. The van der Waals surface area contributed by atoms with Crippen molar-refractivity contribution in [3.8, 4) is 11.5 Å². The molecule has 0 aliphatic carbocycles. The molecule has 1 aromatic heterocycles. The highest BCUT2D eigenvalue weighted by Crippen LogP contribution is 2.36. The van der Waals surface area contributed by atoms with E-state index in [0.717, 1.165) is 42.3 Å². The van der Waals surface area contributed by atoms with Crippen LogP contribution in [0.15, 0.2) is 30.5 Å². The molecule has 6 nitrogen and oxygen atoms in total. The van der Waals surface area contributed by atoms with Crippen molar-refractivity contribution in [1.82, 2.24) is 14.9 Å². The molecule has 1 atom stereocenters. The first-order valence-corrected chi connectivity index (χ1v) is 8.71. The molecule has 1 fully saturated rings. The van der Waals surface area contributed by atoms with Gasteiger partial charge in [-0.3, -0.25) is 4.90 Å². The zero-order chi connectivity index (χ0) is 17.6. The number of methoxy groups -OCH3 is 2. The fourth-order valence-corrected chi connectivity index (χ4v) is 3.49. The predicted molar refractivity (Wildman–Crippen MR) is 98.1 cm³/mol. The van der Waals surface area contributed by atoms with E-state index in [1.807, 2.05) is 31.4 Å². The Morgan fingerprint density at radius 2 is 2.08 bits per heavy atom. The number of nitrogens with one attached hydrogen (secondary N) is 1. The molecule has 1 aliphatic heterocycles. The van der Waals surface area contributed by atoms with E-state index in [9.17, 15) is 0 Å². The second kappa shape index (κ2) is 8.16. The van der Waals surface area contributed by atoms with Gasteiger partial charge in [0.05, 0.1) is 26.0 Å². The van der Waals surface area contributed by atoms with Crippen LogP contribution in [0.5, 0.6) is 11.5 Å². The second-order valence-corrected chi connectivity index (χ2v) is 6.19. The third-order valence-corrected chi connectivity index (χ3v) is 4.71. The Labute approximate surface area is 149 Å². The van der Waals surface area contributed by atoms with Crippen molar-refractivity contribution >= 4 is 5.95 Å². The minimum absolute atomic E-state index is 0.291. The number of anilines is 1. The van der Waals surface area contributed by atoms with Crippen LogP contribution in [0.4, 0.5) is 5.95 Å². The van der Waals surface area contributed by atoms with Crippen molar-refractivity contribution in [2.24, 2.45) is 0 Å². The third kappa shape index (κ3) is 3.85. The fourth-order valence-electron chi connectivity index (χ4n) is 3.49. The molecule has 25 heavy (non-hydrogen) atoms. The highest BCUT2D eigenvalue weighted by molar-refractivity contribution is 5.46. The molecule has 3 rings (SSSR count). The fraction of sp³-hybridized carbons (Fsp3) is 0.474. The molecule has 2 heterocycles. The molecule has 1 aliphatic rings. The van der Waals surface area contributed by atoms with Crippen LogP contribution in [-0.2, 0) is 6.54 Å². The summed E-state index contributed by atoms with van der Waals surface area (Å²) in [7, 11) is 5.21. The van der Waals surface area contributed by atoms with Crippen LogP contribution in [0.2, 0.25) is 0 Å². The predicted octanol–water partition coefficient (Wildman–Crippen LogP) is 3.26. The zero-order valence-electron chi connectivity index (χ0n) is 15.2. The number of aromatic nitrogens is 2. The Morgan fingerprint density at radius 1 is 1.20 bits per heavy atom. The smallest absolute Gasteiger partial charge is 0.222 e. The number of rotatable bonds is 6. The lowest BCUT2D eigenvalue weighted by molar-refractivity contribution is 0.135. The summed E-state index contributed by atoms with van der Waals surface area (Å²) >= 11 is 0. The van der Waals surface area contributed by atoms with Crippen LogP contribution in [0.3, 0.4) is 0 Å². The van der Waals surface area contributed by atoms with Gasteiger partial charge in [-0.2, -0.15) is 0 Å². The van der Waals surface area contributed by atoms with Crippen LogP contribution in [0.25, 0.3) is 0 Å². The van der Waals surface area contributed by atoms with Crippen molar-refractivity contribution in [3.05, 3.63) is 41.7 Å². The third-order valence-electron chi connectivity index (χ3n) is 4.71. The van der Waals surface area contributed by atoms with Crippen LogP contribution in [0, 0.1) is 0 Å². The van der Waals surface area contributed by atoms with Crippen molar-refractivity contribution < 1.29 is 9.47 Å². The standard InChI is InChI=1S/C19H26N4O2/c1-20-19-21-11-10-15(22-19)16-8-4-5-12-23(16)13-14-7-6-9-17(24-2)18(14)25-3/h6-7,9-11,16H,4-5,8,12-13H2,1-3H3,(H,20,21,22)/t16-/m1/s1. The van der Waals surface area contributed by atoms with E-state index in [1.54, 1.807) is 14.2 Å². The molecule has 6 heteroatoms. The Hall–Kier alpha value is -2.34. The van der Waals surface area contributed by atoms with Crippen LogP contribution in [0.1, 0.15) is 36.6 Å². The number of hydrogen-bond acceptors (Lipinski definition) is 6. The first-order chi connectivity index (χ1) is 12.3. The highest BCUT2D eigenvalue weighted by Gasteiger charge is 2.26. The number of likely N-dealkylation sites (tertiary alicyclic amines) is 1. The van der Waals surface area contributed by atoms with E-state index >= 15 is 0 Å². The molecule has 1 saturated heterocycles. The van der Waals surface area contributed by atoms with Gasteiger partial charge in [0.1, 0.15) is 0 Å². The molecule has 1 N–H and O–H groups in total. The zero-order valence-corrected chi connectivity index (χ0v) is 15.2. The minimum Gasteiger partial charge on any atom is -0.493 e. The van der Waals surface area contributed by atoms with E-state index in [4.69, 9.17) is 9.47 Å². The molecule has 2 aromatic rings. The summed E-state index contributed by atoms with van der Waals surface area (Å²) in [4.78, 5) is 11.4. The van der Waals surface area contributed by atoms with Crippen LogP contribution < -0.4 is 14.8 Å². The topological polar surface area (TPSA) is 59.5 Å². The van der Waals surface area contributed by atoms with Gasteiger partial charge in [0.2, 0.25) is 5.95 Å². The summed E-state index contributed by atoms with van der Waals surface area (Å²) in [6.07, 6.45) is 5.35. The number of piperidine rings is 1. The molecule has 0 bridgehead atoms. The Bertz CT molecular complexity index is 708. The summed E-state index contributed by atoms with van der Waals surface area (Å²) in [5, 5.41) is 3.03. The van der Waals surface area contributed by atoms with Crippen LogP contribution in [-0.4, -0.2) is 42.7 Å². The van der Waals surface area contributed by atoms with E-state index < -0.39 is 0 Å². The lowest BCUT2D eigenvalue weighted by Gasteiger charge is -2.35. The number of nitrogens with zero attached hydrogens (tertiary/aromatic N) is 3. The van der Waals surface area contributed by atoms with Crippen molar-refractivity contribution in [2.75, 3.05) is 33.1 Å². The summed E-state index contributed by atoms with van der Waals surface area (Å²) in [5.74, 6) is 2.25. The average Bonchev–Trinajstić information content (AvgIpc) is 2.68. The van der Waals surface area contributed by atoms with Gasteiger partial charge >= 0.3 is 0 Å². The van der Waals surface area contributed by atoms with Gasteiger partial charge in [0.15, 0.2) is 11.5 Å². The molecule has 0 spiro atoms. The molecule has 1 aromatic carbocycles.